The number of benzene rings is 1. The Balaban J connectivity index is 1.69. The Morgan fingerprint density at radius 2 is 2.05 bits per heavy atom. The molecular weight excluding hydrogens is 254 g/mol. The third-order valence-electron chi connectivity index (χ3n) is 3.47. The number of esters is 1. The fourth-order valence-electron chi connectivity index (χ4n) is 2.03. The molecule has 0 atom stereocenters. The molecule has 1 fully saturated rings. The molecule has 0 aliphatic heterocycles. The number of rotatable bonds is 9. The largest absolute Gasteiger partial charge is 0.469 e. The molecule has 0 saturated heterocycles. The summed E-state index contributed by atoms with van der Waals surface area (Å²) in [6.07, 6.45) is 2.98. The van der Waals surface area contributed by atoms with E-state index in [-0.39, 0.29) is 5.97 Å². The predicted octanol–water partition coefficient (Wildman–Crippen LogP) is 1.92. The SMILES string of the molecule is COC(=O)Cc1ccccc1CNCCOCC1CC1. The third-order valence-corrected chi connectivity index (χ3v) is 3.47. The van der Waals surface area contributed by atoms with Gasteiger partial charge in [0.15, 0.2) is 0 Å². The molecule has 0 aromatic heterocycles. The summed E-state index contributed by atoms with van der Waals surface area (Å²) in [6, 6.07) is 7.94. The molecule has 1 N–H and O–H groups in total. The second-order valence-electron chi connectivity index (χ2n) is 5.22. The Bertz CT molecular complexity index is 429. The molecule has 1 aromatic carbocycles. The number of carbonyl (C=O) groups is 1. The summed E-state index contributed by atoms with van der Waals surface area (Å²) < 4.78 is 10.3. The van der Waals surface area contributed by atoms with Crippen LogP contribution in [0.5, 0.6) is 0 Å². The Hall–Kier alpha value is -1.39. The van der Waals surface area contributed by atoms with Crippen LogP contribution in [0.25, 0.3) is 0 Å². The maximum atomic E-state index is 11.4. The molecule has 20 heavy (non-hydrogen) atoms. The maximum absolute atomic E-state index is 11.4. The number of hydrogen-bond donors (Lipinski definition) is 1. The van der Waals surface area contributed by atoms with E-state index in [1.54, 1.807) is 0 Å². The summed E-state index contributed by atoms with van der Waals surface area (Å²) in [4.78, 5) is 11.4. The van der Waals surface area contributed by atoms with Crippen LogP contribution in [0.3, 0.4) is 0 Å². The van der Waals surface area contributed by atoms with Gasteiger partial charge in [-0.1, -0.05) is 24.3 Å². The highest BCUT2D eigenvalue weighted by Gasteiger charge is 2.20. The lowest BCUT2D eigenvalue weighted by atomic mass is 10.0. The highest BCUT2D eigenvalue weighted by atomic mass is 16.5. The van der Waals surface area contributed by atoms with Crippen molar-refractivity contribution >= 4 is 5.97 Å². The molecular formula is C16H23NO3. The van der Waals surface area contributed by atoms with Gasteiger partial charge in [0, 0.05) is 19.7 Å². The molecule has 0 amide bonds. The number of hydrogen-bond acceptors (Lipinski definition) is 4. The van der Waals surface area contributed by atoms with E-state index in [1.165, 1.54) is 20.0 Å². The number of methoxy groups -OCH3 is 1. The number of nitrogens with one attached hydrogen (secondary N) is 1. The molecule has 2 rings (SSSR count). The first kappa shape index (κ1) is 15.0. The smallest absolute Gasteiger partial charge is 0.309 e. The molecule has 1 aliphatic rings. The maximum Gasteiger partial charge on any atom is 0.309 e. The van der Waals surface area contributed by atoms with Crippen molar-refractivity contribution in [3.63, 3.8) is 0 Å². The van der Waals surface area contributed by atoms with Crippen LogP contribution in [-0.4, -0.2) is 32.8 Å². The Morgan fingerprint density at radius 1 is 1.30 bits per heavy atom. The average Bonchev–Trinajstić information content (AvgIpc) is 3.28. The van der Waals surface area contributed by atoms with Gasteiger partial charge in [0.05, 0.1) is 20.1 Å². The predicted molar refractivity (Wildman–Crippen MR) is 77.4 cm³/mol. The van der Waals surface area contributed by atoms with Gasteiger partial charge < -0.3 is 14.8 Å². The first-order valence-corrected chi connectivity index (χ1v) is 7.21. The van der Waals surface area contributed by atoms with Crippen molar-refractivity contribution in [1.82, 2.24) is 5.32 Å². The van der Waals surface area contributed by atoms with Crippen LogP contribution < -0.4 is 5.32 Å². The molecule has 4 heteroatoms. The van der Waals surface area contributed by atoms with E-state index in [1.807, 2.05) is 24.3 Å². The molecule has 0 bridgehead atoms. The Labute approximate surface area is 120 Å². The van der Waals surface area contributed by atoms with Gasteiger partial charge in [-0.3, -0.25) is 4.79 Å². The number of carbonyl (C=O) groups excluding carboxylic acids is 1. The van der Waals surface area contributed by atoms with Gasteiger partial charge in [-0.25, -0.2) is 0 Å². The molecule has 0 unspecified atom stereocenters. The molecule has 0 radical (unpaired) electrons. The van der Waals surface area contributed by atoms with Crippen molar-refractivity contribution < 1.29 is 14.3 Å². The number of ether oxygens (including phenoxy) is 2. The first-order chi connectivity index (χ1) is 9.79. The van der Waals surface area contributed by atoms with Crippen LogP contribution >= 0.6 is 0 Å². The van der Waals surface area contributed by atoms with Gasteiger partial charge in [0.25, 0.3) is 0 Å². The lowest BCUT2D eigenvalue weighted by molar-refractivity contribution is -0.139. The minimum atomic E-state index is -0.204. The van der Waals surface area contributed by atoms with Crippen LogP contribution in [0.4, 0.5) is 0 Å². The van der Waals surface area contributed by atoms with Crippen LogP contribution in [0.1, 0.15) is 24.0 Å². The third kappa shape index (κ3) is 5.31. The molecule has 4 nitrogen and oxygen atoms in total. The van der Waals surface area contributed by atoms with E-state index < -0.39 is 0 Å². The van der Waals surface area contributed by atoms with Crippen LogP contribution in [0, 0.1) is 5.92 Å². The summed E-state index contributed by atoms with van der Waals surface area (Å²) in [7, 11) is 1.42. The molecule has 1 saturated carbocycles. The van der Waals surface area contributed by atoms with Gasteiger partial charge in [-0.2, -0.15) is 0 Å². The lowest BCUT2D eigenvalue weighted by Crippen LogP contribution is -2.21. The standard InChI is InChI=1S/C16H23NO3/c1-19-16(18)10-14-4-2-3-5-15(14)11-17-8-9-20-12-13-6-7-13/h2-5,13,17H,6-12H2,1H3. The molecule has 0 heterocycles. The second-order valence-corrected chi connectivity index (χ2v) is 5.22. The average molecular weight is 277 g/mol. The summed E-state index contributed by atoms with van der Waals surface area (Å²) in [5.41, 5.74) is 2.16. The van der Waals surface area contributed by atoms with E-state index in [0.717, 1.165) is 43.3 Å². The molecule has 1 aromatic rings. The summed E-state index contributed by atoms with van der Waals surface area (Å²) in [6.45, 7) is 3.23. The molecule has 1 aliphatic carbocycles. The highest BCUT2D eigenvalue weighted by molar-refractivity contribution is 5.72. The van der Waals surface area contributed by atoms with Crippen molar-refractivity contribution in [1.29, 1.82) is 0 Å². The van der Waals surface area contributed by atoms with Crippen LogP contribution in [-0.2, 0) is 27.2 Å². The summed E-state index contributed by atoms with van der Waals surface area (Å²) >= 11 is 0. The van der Waals surface area contributed by atoms with Gasteiger partial charge >= 0.3 is 5.97 Å². The zero-order chi connectivity index (χ0) is 14.2. The Morgan fingerprint density at radius 3 is 2.75 bits per heavy atom. The minimum Gasteiger partial charge on any atom is -0.469 e. The van der Waals surface area contributed by atoms with Gasteiger partial charge in [0.2, 0.25) is 0 Å². The van der Waals surface area contributed by atoms with Crippen molar-refractivity contribution in [2.75, 3.05) is 26.9 Å². The normalized spacial score (nSPS) is 14.2. The van der Waals surface area contributed by atoms with Gasteiger partial charge in [0.1, 0.15) is 0 Å². The van der Waals surface area contributed by atoms with E-state index in [4.69, 9.17) is 9.47 Å². The monoisotopic (exact) mass is 277 g/mol. The summed E-state index contributed by atoms with van der Waals surface area (Å²) in [5, 5.41) is 3.35. The fourth-order valence-corrected chi connectivity index (χ4v) is 2.03. The zero-order valence-corrected chi connectivity index (χ0v) is 12.1. The summed E-state index contributed by atoms with van der Waals surface area (Å²) in [5.74, 6) is 0.612. The highest BCUT2D eigenvalue weighted by Crippen LogP contribution is 2.28. The van der Waals surface area contributed by atoms with Gasteiger partial charge in [-0.15, -0.1) is 0 Å². The molecule has 110 valence electrons. The molecule has 0 spiro atoms. The second kappa shape index (κ2) is 8.02. The quantitative estimate of drug-likeness (QED) is 0.553. The lowest BCUT2D eigenvalue weighted by Gasteiger charge is -2.10. The van der Waals surface area contributed by atoms with Crippen molar-refractivity contribution in [3.05, 3.63) is 35.4 Å². The zero-order valence-electron chi connectivity index (χ0n) is 12.1. The van der Waals surface area contributed by atoms with Crippen molar-refractivity contribution in [3.8, 4) is 0 Å². The van der Waals surface area contributed by atoms with E-state index in [0.29, 0.717) is 6.42 Å². The van der Waals surface area contributed by atoms with Crippen LogP contribution in [0.15, 0.2) is 24.3 Å². The van der Waals surface area contributed by atoms with E-state index in [9.17, 15) is 4.79 Å². The van der Waals surface area contributed by atoms with Gasteiger partial charge in [-0.05, 0) is 29.9 Å². The minimum absolute atomic E-state index is 0.204. The van der Waals surface area contributed by atoms with Crippen molar-refractivity contribution in [2.45, 2.75) is 25.8 Å². The van der Waals surface area contributed by atoms with Crippen LogP contribution in [0.2, 0.25) is 0 Å². The first-order valence-electron chi connectivity index (χ1n) is 7.21. The fraction of sp³-hybridized carbons (Fsp3) is 0.562. The van der Waals surface area contributed by atoms with Crippen molar-refractivity contribution in [2.24, 2.45) is 5.92 Å². The topological polar surface area (TPSA) is 47.6 Å². The van der Waals surface area contributed by atoms with E-state index >= 15 is 0 Å². The van der Waals surface area contributed by atoms with E-state index in [2.05, 4.69) is 5.32 Å². The Kier molecular flexibility index (Phi) is 6.02.